The fourth-order valence-corrected chi connectivity index (χ4v) is 3.76. The van der Waals surface area contributed by atoms with E-state index in [4.69, 9.17) is 0 Å². The van der Waals surface area contributed by atoms with Gasteiger partial charge in [0, 0.05) is 44.7 Å². The Kier molecular flexibility index (Phi) is 3.62. The second-order valence-electron chi connectivity index (χ2n) is 7.34. The third-order valence-corrected chi connectivity index (χ3v) is 5.22. The minimum absolute atomic E-state index is 0.0435. The van der Waals surface area contributed by atoms with Gasteiger partial charge in [-0.15, -0.1) is 0 Å². The first-order chi connectivity index (χ1) is 11.1. The third kappa shape index (κ3) is 3.12. The summed E-state index contributed by atoms with van der Waals surface area (Å²) in [7, 11) is 0. The van der Waals surface area contributed by atoms with Crippen LogP contribution in [0.25, 0.3) is 0 Å². The van der Waals surface area contributed by atoms with Gasteiger partial charge in [-0.25, -0.2) is 4.98 Å². The van der Waals surface area contributed by atoms with Gasteiger partial charge >= 0.3 is 0 Å². The van der Waals surface area contributed by atoms with Crippen molar-refractivity contribution in [3.63, 3.8) is 0 Å². The zero-order valence-electron chi connectivity index (χ0n) is 13.6. The molecule has 1 N–H and O–H groups in total. The van der Waals surface area contributed by atoms with Crippen LogP contribution in [-0.4, -0.2) is 45.4 Å². The van der Waals surface area contributed by atoms with Gasteiger partial charge in [0.2, 0.25) is 11.8 Å². The quantitative estimate of drug-likeness (QED) is 0.897. The van der Waals surface area contributed by atoms with Crippen molar-refractivity contribution in [2.75, 3.05) is 13.1 Å². The number of rotatable bonds is 4. The monoisotopic (exact) mass is 316 g/mol. The maximum atomic E-state index is 12.5. The maximum Gasteiger partial charge on any atom is 0.225 e. The molecule has 124 valence electrons. The van der Waals surface area contributed by atoms with E-state index in [-0.39, 0.29) is 23.8 Å². The molecule has 2 amide bonds. The molecule has 1 aromatic heterocycles. The Morgan fingerprint density at radius 3 is 2.96 bits per heavy atom. The molecule has 2 fully saturated rings. The van der Waals surface area contributed by atoms with Crippen molar-refractivity contribution in [3.8, 4) is 0 Å². The molecule has 0 aromatic carbocycles. The van der Waals surface area contributed by atoms with Crippen LogP contribution in [0.1, 0.15) is 37.2 Å². The van der Waals surface area contributed by atoms with Crippen molar-refractivity contribution in [1.82, 2.24) is 19.8 Å². The highest BCUT2D eigenvalue weighted by Crippen LogP contribution is 2.32. The Morgan fingerprint density at radius 2 is 2.17 bits per heavy atom. The number of carbonyl (C=O) groups is 2. The normalized spacial score (nSPS) is 27.2. The number of aryl methyl sites for hydroxylation is 2. The number of amides is 2. The van der Waals surface area contributed by atoms with Crippen LogP contribution in [0.5, 0.6) is 0 Å². The van der Waals surface area contributed by atoms with E-state index in [1.807, 2.05) is 18.0 Å². The smallest absolute Gasteiger partial charge is 0.225 e. The molecule has 1 saturated heterocycles. The number of carbonyl (C=O) groups excluding carboxylic acids is 2. The molecule has 3 aliphatic rings. The lowest BCUT2D eigenvalue weighted by Crippen LogP contribution is -2.44. The number of likely N-dealkylation sites (tertiary alicyclic amines) is 1. The van der Waals surface area contributed by atoms with E-state index in [9.17, 15) is 9.59 Å². The molecule has 2 aliphatic heterocycles. The van der Waals surface area contributed by atoms with Gasteiger partial charge in [0.1, 0.15) is 5.82 Å². The van der Waals surface area contributed by atoms with Crippen LogP contribution >= 0.6 is 0 Å². The van der Waals surface area contributed by atoms with Crippen LogP contribution in [0.3, 0.4) is 0 Å². The molecule has 0 unspecified atom stereocenters. The zero-order valence-corrected chi connectivity index (χ0v) is 13.6. The Bertz CT molecular complexity index is 635. The minimum Gasteiger partial charge on any atom is -0.351 e. The Hall–Kier alpha value is -1.85. The van der Waals surface area contributed by atoms with E-state index in [2.05, 4.69) is 14.9 Å². The average Bonchev–Trinajstić information content (AvgIpc) is 3.13. The second kappa shape index (κ2) is 5.65. The van der Waals surface area contributed by atoms with Crippen molar-refractivity contribution in [3.05, 3.63) is 17.7 Å². The molecule has 3 heterocycles. The zero-order chi connectivity index (χ0) is 16.0. The molecule has 6 heteroatoms. The highest BCUT2D eigenvalue weighted by Gasteiger charge is 2.37. The molecule has 0 spiro atoms. The fraction of sp³-hybridized carbons (Fsp3) is 0.706. The molecule has 1 aromatic rings. The van der Waals surface area contributed by atoms with E-state index in [1.54, 1.807) is 0 Å². The summed E-state index contributed by atoms with van der Waals surface area (Å²) >= 11 is 0. The molecule has 0 radical (unpaired) electrons. The van der Waals surface area contributed by atoms with Crippen molar-refractivity contribution in [1.29, 1.82) is 0 Å². The van der Waals surface area contributed by atoms with Gasteiger partial charge in [-0.3, -0.25) is 9.59 Å². The first-order valence-electron chi connectivity index (χ1n) is 8.69. The molecule has 23 heavy (non-hydrogen) atoms. The number of aromatic nitrogens is 2. The number of fused-ring (bicyclic) bond motifs is 1. The SMILES string of the molecule is Cc1cn2c(n1)CC[C@H](NC(=O)[C@@H]1CC(=O)N(CC3CC3)C1)C2. The molecule has 1 aliphatic carbocycles. The van der Waals surface area contributed by atoms with Crippen LogP contribution in [0, 0.1) is 18.8 Å². The number of hydrogen-bond acceptors (Lipinski definition) is 3. The van der Waals surface area contributed by atoms with Gasteiger partial charge < -0.3 is 14.8 Å². The van der Waals surface area contributed by atoms with Crippen LogP contribution in [0.4, 0.5) is 0 Å². The number of imidazole rings is 1. The van der Waals surface area contributed by atoms with Crippen molar-refractivity contribution >= 4 is 11.8 Å². The summed E-state index contributed by atoms with van der Waals surface area (Å²) in [5, 5.41) is 3.15. The molecule has 1 saturated carbocycles. The van der Waals surface area contributed by atoms with Crippen LogP contribution < -0.4 is 5.32 Å². The summed E-state index contributed by atoms with van der Waals surface area (Å²) in [6.07, 6.45) is 6.71. The summed E-state index contributed by atoms with van der Waals surface area (Å²) < 4.78 is 2.14. The average molecular weight is 316 g/mol. The highest BCUT2D eigenvalue weighted by molar-refractivity contribution is 5.89. The van der Waals surface area contributed by atoms with Gasteiger partial charge in [0.05, 0.1) is 11.6 Å². The molecule has 0 bridgehead atoms. The summed E-state index contributed by atoms with van der Waals surface area (Å²) in [5.41, 5.74) is 1.03. The van der Waals surface area contributed by atoms with Crippen molar-refractivity contribution < 1.29 is 9.59 Å². The molecular formula is C17H24N4O2. The van der Waals surface area contributed by atoms with Crippen LogP contribution in [0.2, 0.25) is 0 Å². The number of nitrogens with zero attached hydrogens (tertiary/aromatic N) is 3. The summed E-state index contributed by atoms with van der Waals surface area (Å²) in [6.45, 7) is 4.24. The van der Waals surface area contributed by atoms with Crippen LogP contribution in [0.15, 0.2) is 6.20 Å². The van der Waals surface area contributed by atoms with Gasteiger partial charge in [0.15, 0.2) is 0 Å². The lowest BCUT2D eigenvalue weighted by molar-refractivity contribution is -0.129. The lowest BCUT2D eigenvalue weighted by atomic mass is 10.0. The molecule has 6 nitrogen and oxygen atoms in total. The Labute approximate surface area is 136 Å². The number of hydrogen-bond donors (Lipinski definition) is 1. The van der Waals surface area contributed by atoms with E-state index in [0.29, 0.717) is 18.9 Å². The number of nitrogens with one attached hydrogen (secondary N) is 1. The largest absolute Gasteiger partial charge is 0.351 e. The first-order valence-corrected chi connectivity index (χ1v) is 8.69. The van der Waals surface area contributed by atoms with E-state index in [0.717, 1.165) is 37.4 Å². The van der Waals surface area contributed by atoms with Gasteiger partial charge in [0.25, 0.3) is 0 Å². The first kappa shape index (κ1) is 14.7. The molecule has 2 atom stereocenters. The van der Waals surface area contributed by atoms with Crippen molar-refractivity contribution in [2.24, 2.45) is 11.8 Å². The highest BCUT2D eigenvalue weighted by atomic mass is 16.2. The third-order valence-electron chi connectivity index (χ3n) is 5.22. The standard InChI is InChI=1S/C17H24N4O2/c1-11-7-20-10-14(4-5-15(20)18-11)19-17(23)13-6-16(22)21(9-13)8-12-2-3-12/h7,12-14H,2-6,8-10H2,1H3,(H,19,23)/t13-,14+/m1/s1. The van der Waals surface area contributed by atoms with Gasteiger partial charge in [-0.2, -0.15) is 0 Å². The topological polar surface area (TPSA) is 67.2 Å². The maximum absolute atomic E-state index is 12.5. The van der Waals surface area contributed by atoms with E-state index in [1.165, 1.54) is 12.8 Å². The predicted molar refractivity (Wildman–Crippen MR) is 84.6 cm³/mol. The van der Waals surface area contributed by atoms with Crippen LogP contribution in [-0.2, 0) is 22.6 Å². The summed E-state index contributed by atoms with van der Waals surface area (Å²) in [4.78, 5) is 30.9. The Balaban J connectivity index is 1.32. The Morgan fingerprint density at radius 1 is 1.35 bits per heavy atom. The van der Waals surface area contributed by atoms with Gasteiger partial charge in [-0.1, -0.05) is 0 Å². The summed E-state index contributed by atoms with van der Waals surface area (Å²) in [5.74, 6) is 1.81. The lowest BCUT2D eigenvalue weighted by Gasteiger charge is -2.26. The van der Waals surface area contributed by atoms with Gasteiger partial charge in [-0.05, 0) is 32.1 Å². The fourth-order valence-electron chi connectivity index (χ4n) is 3.76. The second-order valence-corrected chi connectivity index (χ2v) is 7.34. The molecule has 4 rings (SSSR count). The predicted octanol–water partition coefficient (Wildman–Crippen LogP) is 0.881. The summed E-state index contributed by atoms with van der Waals surface area (Å²) in [6, 6.07) is 0.149. The van der Waals surface area contributed by atoms with E-state index < -0.39 is 0 Å². The molecular weight excluding hydrogens is 292 g/mol. The van der Waals surface area contributed by atoms with E-state index >= 15 is 0 Å². The minimum atomic E-state index is -0.174. The van der Waals surface area contributed by atoms with Crippen molar-refractivity contribution in [2.45, 2.75) is 51.6 Å².